The van der Waals surface area contributed by atoms with E-state index in [-0.39, 0.29) is 0 Å². The van der Waals surface area contributed by atoms with Crippen LogP contribution in [0.5, 0.6) is 0 Å². The van der Waals surface area contributed by atoms with Gasteiger partial charge in [0.15, 0.2) is 0 Å². The number of hydrogen-bond acceptors (Lipinski definition) is 0. The van der Waals surface area contributed by atoms with E-state index in [0.717, 1.165) is 15.6 Å². The second-order valence-corrected chi connectivity index (χ2v) is 3.60. The Balaban J connectivity index is 0.000000671. The predicted octanol–water partition coefficient (Wildman–Crippen LogP) is 5.14. The van der Waals surface area contributed by atoms with E-state index in [1.807, 2.05) is 32.0 Å². The highest BCUT2D eigenvalue weighted by Gasteiger charge is 2.07. The van der Waals surface area contributed by atoms with Crippen LogP contribution in [-0.4, -0.2) is 0 Å². The van der Waals surface area contributed by atoms with Gasteiger partial charge in [0.1, 0.15) is 0 Å². The zero-order valence-electron chi connectivity index (χ0n) is 8.57. The van der Waals surface area contributed by atoms with Crippen molar-refractivity contribution in [2.24, 2.45) is 0 Å². The van der Waals surface area contributed by atoms with E-state index in [2.05, 4.69) is 13.8 Å². The summed E-state index contributed by atoms with van der Waals surface area (Å²) in [6.45, 7) is 8.15. The molecule has 0 aromatic heterocycles. The van der Waals surface area contributed by atoms with Gasteiger partial charge in [0.05, 0.1) is 0 Å². The molecule has 1 rings (SSSR count). The van der Waals surface area contributed by atoms with Crippen molar-refractivity contribution >= 4 is 23.2 Å². The lowest BCUT2D eigenvalue weighted by Crippen LogP contribution is -1.89. The molecule has 0 atom stereocenters. The van der Waals surface area contributed by atoms with Crippen LogP contribution < -0.4 is 0 Å². The summed E-state index contributed by atoms with van der Waals surface area (Å²) < 4.78 is 0. The van der Waals surface area contributed by atoms with Gasteiger partial charge in [0.25, 0.3) is 0 Å². The zero-order valence-corrected chi connectivity index (χ0v) is 10.1. The van der Waals surface area contributed by atoms with Gasteiger partial charge in [-0.3, -0.25) is 0 Å². The summed E-state index contributed by atoms with van der Waals surface area (Å²) in [5.74, 6) is 0.385. The molecule has 0 aliphatic carbocycles. The number of benzene rings is 1. The van der Waals surface area contributed by atoms with Crippen LogP contribution in [0, 0.1) is 0 Å². The van der Waals surface area contributed by atoms with Crippen LogP contribution >= 0.6 is 23.2 Å². The van der Waals surface area contributed by atoms with Crippen molar-refractivity contribution in [1.29, 1.82) is 0 Å². The summed E-state index contributed by atoms with van der Waals surface area (Å²) in [6.07, 6.45) is 0. The van der Waals surface area contributed by atoms with Gasteiger partial charge in [-0.15, -0.1) is 0 Å². The summed E-state index contributed by atoms with van der Waals surface area (Å²) in [5.41, 5.74) is 1.04. The number of hydrogen-bond donors (Lipinski definition) is 0. The highest BCUT2D eigenvalue weighted by molar-refractivity contribution is 6.36. The highest BCUT2D eigenvalue weighted by Crippen LogP contribution is 2.30. The Bertz CT molecular complexity index is 234. The van der Waals surface area contributed by atoms with E-state index in [0.29, 0.717) is 5.92 Å². The van der Waals surface area contributed by atoms with Crippen molar-refractivity contribution < 1.29 is 0 Å². The van der Waals surface area contributed by atoms with E-state index in [4.69, 9.17) is 23.2 Å². The number of rotatable bonds is 1. The molecule has 0 heterocycles. The normalized spacial score (nSPS) is 9.46. The fraction of sp³-hybridized carbons (Fsp3) is 0.455. The Kier molecular flexibility index (Phi) is 6.19. The molecule has 0 N–H and O–H groups in total. The summed E-state index contributed by atoms with van der Waals surface area (Å²) in [7, 11) is 0. The molecule has 0 aliphatic heterocycles. The zero-order chi connectivity index (χ0) is 10.4. The second-order valence-electron chi connectivity index (χ2n) is 2.79. The largest absolute Gasteiger partial charge is 0.0840 e. The Morgan fingerprint density at radius 3 is 1.62 bits per heavy atom. The maximum Gasteiger partial charge on any atom is 0.0455 e. The lowest BCUT2D eigenvalue weighted by molar-refractivity contribution is 0.867. The lowest BCUT2D eigenvalue weighted by Gasteiger charge is -2.09. The molecule has 1 aromatic carbocycles. The minimum Gasteiger partial charge on any atom is -0.0840 e. The average Bonchev–Trinajstić information content (AvgIpc) is 2.07. The lowest BCUT2D eigenvalue weighted by atomic mass is 10.0. The Morgan fingerprint density at radius 2 is 1.38 bits per heavy atom. The van der Waals surface area contributed by atoms with E-state index >= 15 is 0 Å². The smallest absolute Gasteiger partial charge is 0.0455 e. The van der Waals surface area contributed by atoms with Gasteiger partial charge in [-0.25, -0.2) is 0 Å². The standard InChI is InChI=1S/C9H10Cl2.C2H6/c1-6(2)9-7(10)4-3-5-8(9)11;1-2/h3-6H,1-2H3;1-2H3. The molecular weight excluding hydrogens is 203 g/mol. The van der Waals surface area contributed by atoms with E-state index in [1.54, 1.807) is 0 Å². The fourth-order valence-electron chi connectivity index (χ4n) is 1.06. The molecule has 0 saturated carbocycles. The second kappa shape index (κ2) is 6.28. The van der Waals surface area contributed by atoms with Crippen molar-refractivity contribution in [2.75, 3.05) is 0 Å². The molecule has 0 unspecified atom stereocenters. The highest BCUT2D eigenvalue weighted by atomic mass is 35.5. The first-order valence-electron chi connectivity index (χ1n) is 4.57. The maximum absolute atomic E-state index is 5.94. The van der Waals surface area contributed by atoms with Gasteiger partial charge < -0.3 is 0 Å². The van der Waals surface area contributed by atoms with Gasteiger partial charge >= 0.3 is 0 Å². The molecule has 0 fully saturated rings. The molecule has 0 amide bonds. The monoisotopic (exact) mass is 218 g/mol. The van der Waals surface area contributed by atoms with Crippen LogP contribution in [0.25, 0.3) is 0 Å². The molecule has 74 valence electrons. The molecule has 0 nitrogen and oxygen atoms in total. The third kappa shape index (κ3) is 3.58. The summed E-state index contributed by atoms with van der Waals surface area (Å²) in [5, 5.41) is 1.51. The summed E-state index contributed by atoms with van der Waals surface area (Å²) in [4.78, 5) is 0. The molecule has 1 aromatic rings. The van der Waals surface area contributed by atoms with Gasteiger partial charge in [0, 0.05) is 10.0 Å². The molecule has 0 saturated heterocycles. The van der Waals surface area contributed by atoms with Gasteiger partial charge in [-0.1, -0.05) is 57.0 Å². The van der Waals surface area contributed by atoms with E-state index in [1.165, 1.54) is 0 Å². The first-order valence-corrected chi connectivity index (χ1v) is 5.32. The molecular formula is C11H16Cl2. The fourth-order valence-corrected chi connectivity index (χ4v) is 1.90. The van der Waals surface area contributed by atoms with Crippen LogP contribution in [-0.2, 0) is 0 Å². The maximum atomic E-state index is 5.94. The van der Waals surface area contributed by atoms with Crippen molar-refractivity contribution in [3.05, 3.63) is 33.8 Å². The predicted molar refractivity (Wildman–Crippen MR) is 61.9 cm³/mol. The Morgan fingerprint density at radius 1 is 1.00 bits per heavy atom. The van der Waals surface area contributed by atoms with E-state index in [9.17, 15) is 0 Å². The van der Waals surface area contributed by atoms with E-state index < -0.39 is 0 Å². The molecule has 13 heavy (non-hydrogen) atoms. The van der Waals surface area contributed by atoms with Crippen LogP contribution in [0.1, 0.15) is 39.2 Å². The molecule has 0 bridgehead atoms. The molecule has 2 heteroatoms. The van der Waals surface area contributed by atoms with Crippen molar-refractivity contribution in [3.63, 3.8) is 0 Å². The van der Waals surface area contributed by atoms with Gasteiger partial charge in [-0.2, -0.15) is 0 Å². The minimum atomic E-state index is 0.385. The topological polar surface area (TPSA) is 0 Å². The minimum absolute atomic E-state index is 0.385. The first-order chi connectivity index (χ1) is 6.13. The molecule has 0 spiro atoms. The number of halogens is 2. The van der Waals surface area contributed by atoms with Crippen molar-refractivity contribution in [3.8, 4) is 0 Å². The van der Waals surface area contributed by atoms with Crippen LogP contribution in [0.15, 0.2) is 18.2 Å². The molecule has 0 radical (unpaired) electrons. The van der Waals surface area contributed by atoms with Crippen LogP contribution in [0.4, 0.5) is 0 Å². The third-order valence-corrected chi connectivity index (χ3v) is 2.24. The average molecular weight is 219 g/mol. The van der Waals surface area contributed by atoms with Gasteiger partial charge in [0.2, 0.25) is 0 Å². The third-order valence-electron chi connectivity index (χ3n) is 1.58. The Labute approximate surface area is 90.9 Å². The Hall–Kier alpha value is -0.200. The van der Waals surface area contributed by atoms with Crippen LogP contribution in [0.3, 0.4) is 0 Å². The summed E-state index contributed by atoms with van der Waals surface area (Å²) >= 11 is 11.9. The summed E-state index contributed by atoms with van der Waals surface area (Å²) in [6, 6.07) is 5.59. The first kappa shape index (κ1) is 12.8. The SMILES string of the molecule is CC.CC(C)c1c(Cl)cccc1Cl. The van der Waals surface area contributed by atoms with Crippen molar-refractivity contribution in [2.45, 2.75) is 33.6 Å². The quantitative estimate of drug-likeness (QED) is 0.613. The molecule has 0 aliphatic rings. The van der Waals surface area contributed by atoms with Crippen LogP contribution in [0.2, 0.25) is 10.0 Å². The van der Waals surface area contributed by atoms with Gasteiger partial charge in [-0.05, 0) is 23.6 Å². The van der Waals surface area contributed by atoms with Crippen molar-refractivity contribution in [1.82, 2.24) is 0 Å².